The number of nitrogens with one attached hydrogen (secondary N) is 3. The molecule has 150 valence electrons. The van der Waals surface area contributed by atoms with Crippen molar-refractivity contribution >= 4 is 50.4 Å². The molecule has 0 atom stereocenters. The number of para-hydroxylation sites is 1. The van der Waals surface area contributed by atoms with Crippen LogP contribution in [0.15, 0.2) is 66.2 Å². The Balaban J connectivity index is 1.71. The van der Waals surface area contributed by atoms with Crippen LogP contribution in [0.2, 0.25) is 0 Å². The van der Waals surface area contributed by atoms with Gasteiger partial charge in [0, 0.05) is 34.4 Å². The summed E-state index contributed by atoms with van der Waals surface area (Å²) in [6, 6.07) is 17.2. The van der Waals surface area contributed by atoms with Gasteiger partial charge in [0.1, 0.15) is 0 Å². The van der Waals surface area contributed by atoms with E-state index in [0.29, 0.717) is 22.6 Å². The molecule has 0 saturated carbocycles. The number of carbonyl (C=O) groups is 2. The van der Waals surface area contributed by atoms with Gasteiger partial charge in [-0.05, 0) is 30.7 Å². The Bertz CT molecular complexity index is 1250. The summed E-state index contributed by atoms with van der Waals surface area (Å²) in [5.74, 6) is -0.0672. The van der Waals surface area contributed by atoms with Gasteiger partial charge in [0.05, 0.1) is 16.8 Å². The van der Waals surface area contributed by atoms with Crippen molar-refractivity contribution < 1.29 is 9.59 Å². The van der Waals surface area contributed by atoms with Crippen molar-refractivity contribution in [2.24, 2.45) is 0 Å². The molecule has 0 bridgehead atoms. The van der Waals surface area contributed by atoms with E-state index in [1.807, 2.05) is 60.8 Å². The molecule has 0 aliphatic carbocycles. The van der Waals surface area contributed by atoms with Gasteiger partial charge in [-0.1, -0.05) is 36.4 Å². The zero-order chi connectivity index (χ0) is 21.1. The van der Waals surface area contributed by atoms with Crippen LogP contribution in [0.5, 0.6) is 0 Å². The minimum Gasteiger partial charge on any atom is -0.355 e. The van der Waals surface area contributed by atoms with Crippen molar-refractivity contribution in [1.29, 1.82) is 0 Å². The number of carbonyl (C=O) groups excluding carboxylic acids is 2. The van der Waals surface area contributed by atoms with Gasteiger partial charge < -0.3 is 16.0 Å². The monoisotopic (exact) mass is 416 g/mol. The predicted octanol–water partition coefficient (Wildman–Crippen LogP) is 4.96. The zero-order valence-electron chi connectivity index (χ0n) is 16.5. The summed E-state index contributed by atoms with van der Waals surface area (Å²) in [4.78, 5) is 29.5. The molecular weight excluding hydrogens is 396 g/mol. The maximum atomic E-state index is 13.1. The van der Waals surface area contributed by atoms with Gasteiger partial charge in [0.2, 0.25) is 0 Å². The Hall–Kier alpha value is -3.71. The highest BCUT2D eigenvalue weighted by molar-refractivity contribution is 7.17. The number of pyridine rings is 1. The first-order valence-electron chi connectivity index (χ1n) is 9.39. The van der Waals surface area contributed by atoms with E-state index >= 15 is 0 Å². The lowest BCUT2D eigenvalue weighted by Crippen LogP contribution is -2.19. The molecule has 6 nitrogen and oxygen atoms in total. The van der Waals surface area contributed by atoms with Crippen LogP contribution in [-0.4, -0.2) is 23.8 Å². The maximum absolute atomic E-state index is 13.1. The van der Waals surface area contributed by atoms with Gasteiger partial charge in [0.25, 0.3) is 11.8 Å². The number of benzene rings is 2. The zero-order valence-corrected chi connectivity index (χ0v) is 17.3. The van der Waals surface area contributed by atoms with Crippen LogP contribution in [0.3, 0.4) is 0 Å². The second-order valence-electron chi connectivity index (χ2n) is 6.74. The first-order chi connectivity index (χ1) is 14.6. The van der Waals surface area contributed by atoms with E-state index in [-0.39, 0.29) is 11.8 Å². The van der Waals surface area contributed by atoms with E-state index in [2.05, 4.69) is 20.9 Å². The Labute approximate surface area is 178 Å². The van der Waals surface area contributed by atoms with Gasteiger partial charge in [-0.3, -0.25) is 9.59 Å². The summed E-state index contributed by atoms with van der Waals surface area (Å²) in [7, 11) is 1.55. The number of fused-ring (bicyclic) bond motifs is 1. The number of hydrogen-bond acceptors (Lipinski definition) is 5. The van der Waals surface area contributed by atoms with Gasteiger partial charge in [-0.15, -0.1) is 11.3 Å². The molecule has 0 radical (unpaired) electrons. The highest BCUT2D eigenvalue weighted by Gasteiger charge is 2.17. The number of nitrogens with zero attached hydrogens (tertiary/aromatic N) is 1. The minimum absolute atomic E-state index is 0.254. The fourth-order valence-electron chi connectivity index (χ4n) is 3.11. The average Bonchev–Trinajstić information content (AvgIpc) is 3.20. The number of amides is 2. The van der Waals surface area contributed by atoms with Crippen molar-refractivity contribution in [3.8, 4) is 0 Å². The fraction of sp³-hybridized carbons (Fsp3) is 0.0870. The summed E-state index contributed by atoms with van der Waals surface area (Å²) in [5, 5.41) is 11.5. The highest BCUT2D eigenvalue weighted by Crippen LogP contribution is 2.29. The molecule has 0 aliphatic rings. The highest BCUT2D eigenvalue weighted by atomic mass is 32.1. The number of aryl methyl sites for hydroxylation is 1. The van der Waals surface area contributed by atoms with Gasteiger partial charge in [0.15, 0.2) is 5.82 Å². The standard InChI is InChI=1S/C23H20N4O2S/c1-14-7-3-5-9-18(14)26-21-19(11-15(12-25-21)22(28)24-2)27-23(29)17-13-30-20-10-6-4-8-16(17)20/h3-13H,1-2H3,(H,24,28)(H,25,26)(H,27,29). The molecule has 4 aromatic rings. The molecule has 0 spiro atoms. The van der Waals surface area contributed by atoms with Crippen LogP contribution < -0.4 is 16.0 Å². The number of aromatic nitrogens is 1. The fourth-order valence-corrected chi connectivity index (χ4v) is 4.05. The largest absolute Gasteiger partial charge is 0.355 e. The molecule has 0 unspecified atom stereocenters. The first-order valence-corrected chi connectivity index (χ1v) is 10.3. The van der Waals surface area contributed by atoms with Crippen LogP contribution in [0.1, 0.15) is 26.3 Å². The average molecular weight is 417 g/mol. The van der Waals surface area contributed by atoms with E-state index in [0.717, 1.165) is 21.3 Å². The second kappa shape index (κ2) is 8.34. The molecular formula is C23H20N4O2S. The molecule has 0 saturated heterocycles. The molecule has 30 heavy (non-hydrogen) atoms. The van der Waals surface area contributed by atoms with Crippen molar-refractivity contribution in [3.63, 3.8) is 0 Å². The van der Waals surface area contributed by atoms with Crippen molar-refractivity contribution in [1.82, 2.24) is 10.3 Å². The third kappa shape index (κ3) is 3.88. The molecule has 2 amide bonds. The van der Waals surface area contributed by atoms with E-state index < -0.39 is 0 Å². The number of hydrogen-bond donors (Lipinski definition) is 3. The van der Waals surface area contributed by atoms with Crippen LogP contribution in [0.4, 0.5) is 17.2 Å². The maximum Gasteiger partial charge on any atom is 0.257 e. The molecule has 2 aromatic carbocycles. The molecule has 2 aromatic heterocycles. The predicted molar refractivity (Wildman–Crippen MR) is 122 cm³/mol. The molecule has 7 heteroatoms. The van der Waals surface area contributed by atoms with Crippen molar-refractivity contribution in [3.05, 3.63) is 82.9 Å². The Kier molecular flexibility index (Phi) is 5.45. The SMILES string of the molecule is CNC(=O)c1cnc(Nc2ccccc2C)c(NC(=O)c2csc3ccccc23)c1. The van der Waals surface area contributed by atoms with E-state index in [9.17, 15) is 9.59 Å². The minimum atomic E-state index is -0.276. The van der Waals surface area contributed by atoms with Crippen molar-refractivity contribution in [2.75, 3.05) is 17.7 Å². The van der Waals surface area contributed by atoms with E-state index in [1.54, 1.807) is 13.1 Å². The number of rotatable bonds is 5. The third-order valence-corrected chi connectivity index (χ3v) is 5.71. The summed E-state index contributed by atoms with van der Waals surface area (Å²) in [6.07, 6.45) is 1.48. The van der Waals surface area contributed by atoms with E-state index in [4.69, 9.17) is 0 Å². The molecule has 4 rings (SSSR count). The summed E-state index contributed by atoms with van der Waals surface area (Å²) in [5.41, 5.74) is 3.28. The van der Waals surface area contributed by atoms with E-state index in [1.165, 1.54) is 17.5 Å². The smallest absolute Gasteiger partial charge is 0.257 e. The summed E-state index contributed by atoms with van der Waals surface area (Å²) in [6.45, 7) is 1.98. The number of thiophene rings is 1. The molecule has 0 fully saturated rings. The Morgan fingerprint density at radius 3 is 2.53 bits per heavy atom. The lowest BCUT2D eigenvalue weighted by molar-refractivity contribution is 0.0961. The first kappa shape index (κ1) is 19.6. The Morgan fingerprint density at radius 1 is 0.967 bits per heavy atom. The molecule has 3 N–H and O–H groups in total. The van der Waals surface area contributed by atoms with Gasteiger partial charge in [-0.25, -0.2) is 4.98 Å². The quantitative estimate of drug-likeness (QED) is 0.429. The molecule has 2 heterocycles. The lowest BCUT2D eigenvalue weighted by Gasteiger charge is -2.15. The van der Waals surface area contributed by atoms with Crippen molar-refractivity contribution in [2.45, 2.75) is 6.92 Å². The normalized spacial score (nSPS) is 10.6. The van der Waals surface area contributed by atoms with Crippen LogP contribution in [-0.2, 0) is 0 Å². The lowest BCUT2D eigenvalue weighted by atomic mass is 10.1. The third-order valence-electron chi connectivity index (χ3n) is 4.75. The topological polar surface area (TPSA) is 83.1 Å². The summed E-state index contributed by atoms with van der Waals surface area (Å²) < 4.78 is 1.04. The second-order valence-corrected chi connectivity index (χ2v) is 7.65. The van der Waals surface area contributed by atoms with Crippen LogP contribution in [0, 0.1) is 6.92 Å². The number of anilines is 3. The van der Waals surface area contributed by atoms with Crippen LogP contribution in [0.25, 0.3) is 10.1 Å². The van der Waals surface area contributed by atoms with Gasteiger partial charge in [-0.2, -0.15) is 0 Å². The molecule has 0 aliphatic heterocycles. The van der Waals surface area contributed by atoms with Crippen LogP contribution >= 0.6 is 11.3 Å². The summed E-state index contributed by atoms with van der Waals surface area (Å²) >= 11 is 1.52. The Morgan fingerprint density at radius 2 is 1.73 bits per heavy atom. The van der Waals surface area contributed by atoms with Gasteiger partial charge >= 0.3 is 0 Å².